The molecule has 142 valence electrons. The fourth-order valence-electron chi connectivity index (χ4n) is 2.89. The highest BCUT2D eigenvalue weighted by molar-refractivity contribution is 5.78. The molecule has 3 N–H and O–H groups in total. The van der Waals surface area contributed by atoms with Gasteiger partial charge in [0.25, 0.3) is 0 Å². The van der Waals surface area contributed by atoms with Crippen molar-refractivity contribution in [3.8, 4) is 11.7 Å². The fraction of sp³-hybridized carbons (Fsp3) is 0.105. The molecule has 2 aromatic carbocycles. The van der Waals surface area contributed by atoms with Crippen LogP contribution >= 0.6 is 0 Å². The first-order valence-corrected chi connectivity index (χ1v) is 8.35. The van der Waals surface area contributed by atoms with Crippen LogP contribution in [0.25, 0.3) is 17.0 Å². The van der Waals surface area contributed by atoms with Crippen LogP contribution in [0.3, 0.4) is 0 Å². The Labute approximate surface area is 158 Å². The van der Waals surface area contributed by atoms with Gasteiger partial charge in [-0.25, -0.2) is 9.37 Å². The maximum Gasteiger partial charge on any atom is 0.239 e. The standard InChI is InChI=1S/C19H16F2N6O/c1-10-23-14-7-6-11(20)8-15(14)27(10)19-25-17(22)16(21)18(26-19)24-12-4-3-5-13(9-12)28-2/h3-9H,1-2H3,(H3,22,24,25,26). The number of methoxy groups -OCH3 is 1. The minimum Gasteiger partial charge on any atom is -0.497 e. The summed E-state index contributed by atoms with van der Waals surface area (Å²) in [5.74, 6) is -0.492. The highest BCUT2D eigenvalue weighted by atomic mass is 19.1. The molecule has 0 amide bonds. The van der Waals surface area contributed by atoms with Gasteiger partial charge in [0.15, 0.2) is 11.6 Å². The van der Waals surface area contributed by atoms with Gasteiger partial charge in [-0.1, -0.05) is 6.07 Å². The average Bonchev–Trinajstić information content (AvgIpc) is 3.00. The summed E-state index contributed by atoms with van der Waals surface area (Å²) in [7, 11) is 1.53. The number of nitrogen functional groups attached to an aromatic ring is 1. The second-order valence-electron chi connectivity index (χ2n) is 6.06. The van der Waals surface area contributed by atoms with E-state index in [0.717, 1.165) is 0 Å². The largest absolute Gasteiger partial charge is 0.497 e. The number of nitrogens with zero attached hydrogens (tertiary/aromatic N) is 4. The van der Waals surface area contributed by atoms with E-state index in [1.165, 1.54) is 23.8 Å². The summed E-state index contributed by atoms with van der Waals surface area (Å²) in [6.45, 7) is 1.72. The molecule has 0 bridgehead atoms. The molecule has 2 aromatic heterocycles. The Balaban J connectivity index is 1.84. The molecular formula is C19H16F2N6O. The van der Waals surface area contributed by atoms with Crippen LogP contribution in [0.15, 0.2) is 42.5 Å². The smallest absolute Gasteiger partial charge is 0.239 e. The van der Waals surface area contributed by atoms with Crippen LogP contribution in [0.5, 0.6) is 5.75 Å². The molecule has 7 nitrogen and oxygen atoms in total. The van der Waals surface area contributed by atoms with Crippen molar-refractivity contribution in [3.05, 3.63) is 59.9 Å². The third kappa shape index (κ3) is 3.07. The number of hydrogen-bond donors (Lipinski definition) is 2. The number of nitrogens with two attached hydrogens (primary N) is 1. The first-order valence-electron chi connectivity index (χ1n) is 8.35. The molecule has 0 aliphatic rings. The van der Waals surface area contributed by atoms with Crippen LogP contribution in [-0.2, 0) is 0 Å². The zero-order valence-electron chi connectivity index (χ0n) is 15.1. The molecule has 0 fully saturated rings. The summed E-state index contributed by atoms with van der Waals surface area (Å²) in [6, 6.07) is 11.1. The third-order valence-corrected chi connectivity index (χ3v) is 4.18. The minimum absolute atomic E-state index is 0.0786. The molecule has 28 heavy (non-hydrogen) atoms. The maximum atomic E-state index is 14.5. The Bertz CT molecular complexity index is 1190. The number of aryl methyl sites for hydroxylation is 1. The Morgan fingerprint density at radius 2 is 1.89 bits per heavy atom. The van der Waals surface area contributed by atoms with Gasteiger partial charge in [-0.2, -0.15) is 14.4 Å². The zero-order chi connectivity index (χ0) is 19.8. The number of halogens is 2. The monoisotopic (exact) mass is 382 g/mol. The molecule has 0 unspecified atom stereocenters. The van der Waals surface area contributed by atoms with E-state index in [1.807, 2.05) is 0 Å². The topological polar surface area (TPSA) is 90.9 Å². The zero-order valence-corrected chi connectivity index (χ0v) is 15.1. The number of fused-ring (bicyclic) bond motifs is 1. The second-order valence-corrected chi connectivity index (χ2v) is 6.06. The van der Waals surface area contributed by atoms with Crippen molar-refractivity contribution in [1.29, 1.82) is 0 Å². The van der Waals surface area contributed by atoms with Crippen molar-refractivity contribution in [2.75, 3.05) is 18.2 Å². The number of rotatable bonds is 4. The predicted octanol–water partition coefficient (Wildman–Crippen LogP) is 3.74. The number of imidazole rings is 1. The molecule has 9 heteroatoms. The van der Waals surface area contributed by atoms with Crippen LogP contribution in [-0.4, -0.2) is 26.6 Å². The lowest BCUT2D eigenvalue weighted by molar-refractivity contribution is 0.415. The van der Waals surface area contributed by atoms with Gasteiger partial charge < -0.3 is 15.8 Å². The molecule has 0 radical (unpaired) electrons. The maximum absolute atomic E-state index is 14.5. The van der Waals surface area contributed by atoms with Crippen molar-refractivity contribution in [2.45, 2.75) is 6.92 Å². The quantitative estimate of drug-likeness (QED) is 0.559. The summed E-state index contributed by atoms with van der Waals surface area (Å²) in [5.41, 5.74) is 7.34. The Hall–Kier alpha value is -3.75. The predicted molar refractivity (Wildman–Crippen MR) is 102 cm³/mol. The van der Waals surface area contributed by atoms with Gasteiger partial charge in [0.2, 0.25) is 11.8 Å². The van der Waals surface area contributed by atoms with Gasteiger partial charge in [0.1, 0.15) is 17.4 Å². The summed E-state index contributed by atoms with van der Waals surface area (Å²) >= 11 is 0. The van der Waals surface area contributed by atoms with Crippen LogP contribution < -0.4 is 15.8 Å². The van der Waals surface area contributed by atoms with E-state index in [0.29, 0.717) is 28.3 Å². The minimum atomic E-state index is -0.792. The summed E-state index contributed by atoms with van der Waals surface area (Å²) in [6.07, 6.45) is 0. The number of ether oxygens (including phenoxy) is 1. The van der Waals surface area contributed by atoms with E-state index in [9.17, 15) is 8.78 Å². The second kappa shape index (κ2) is 6.76. The molecule has 0 spiro atoms. The van der Waals surface area contributed by atoms with Gasteiger partial charge in [0.05, 0.1) is 18.1 Å². The normalized spacial score (nSPS) is 11.0. The number of anilines is 3. The van der Waals surface area contributed by atoms with Crippen molar-refractivity contribution in [3.63, 3.8) is 0 Å². The summed E-state index contributed by atoms with van der Waals surface area (Å²) in [4.78, 5) is 12.6. The van der Waals surface area contributed by atoms with Gasteiger partial charge in [-0.3, -0.25) is 4.57 Å². The van der Waals surface area contributed by atoms with Crippen molar-refractivity contribution in [1.82, 2.24) is 19.5 Å². The molecule has 4 rings (SSSR count). The Morgan fingerprint density at radius 1 is 1.07 bits per heavy atom. The van der Waals surface area contributed by atoms with E-state index in [2.05, 4.69) is 20.3 Å². The molecule has 4 aromatic rings. The lowest BCUT2D eigenvalue weighted by Gasteiger charge is -2.12. The molecule has 0 saturated carbocycles. The SMILES string of the molecule is COc1cccc(Nc2nc(-n3c(C)nc4ccc(F)cc43)nc(N)c2F)c1. The van der Waals surface area contributed by atoms with Crippen LogP contribution in [0, 0.1) is 18.6 Å². The van der Waals surface area contributed by atoms with Gasteiger partial charge in [0, 0.05) is 17.8 Å². The Morgan fingerprint density at radius 3 is 2.68 bits per heavy atom. The highest BCUT2D eigenvalue weighted by Crippen LogP contribution is 2.27. The van der Waals surface area contributed by atoms with E-state index in [4.69, 9.17) is 10.5 Å². The fourth-order valence-corrected chi connectivity index (χ4v) is 2.89. The number of benzene rings is 2. The lowest BCUT2D eigenvalue weighted by atomic mass is 10.3. The molecule has 2 heterocycles. The molecule has 0 aliphatic carbocycles. The van der Waals surface area contributed by atoms with E-state index in [-0.39, 0.29) is 17.6 Å². The summed E-state index contributed by atoms with van der Waals surface area (Å²) < 4.78 is 35.0. The van der Waals surface area contributed by atoms with Crippen LogP contribution in [0.4, 0.5) is 26.1 Å². The van der Waals surface area contributed by atoms with E-state index in [1.54, 1.807) is 37.3 Å². The molecule has 0 saturated heterocycles. The highest BCUT2D eigenvalue weighted by Gasteiger charge is 2.18. The van der Waals surface area contributed by atoms with Crippen LogP contribution in [0.2, 0.25) is 0 Å². The van der Waals surface area contributed by atoms with E-state index >= 15 is 0 Å². The van der Waals surface area contributed by atoms with Crippen molar-refractivity contribution < 1.29 is 13.5 Å². The first-order chi connectivity index (χ1) is 13.5. The number of nitrogens with one attached hydrogen (secondary N) is 1. The average molecular weight is 382 g/mol. The summed E-state index contributed by atoms with van der Waals surface area (Å²) in [5, 5.41) is 2.88. The van der Waals surface area contributed by atoms with Gasteiger partial charge >= 0.3 is 0 Å². The first kappa shape index (κ1) is 17.7. The van der Waals surface area contributed by atoms with Crippen molar-refractivity contribution in [2.24, 2.45) is 0 Å². The van der Waals surface area contributed by atoms with Gasteiger partial charge in [-0.05, 0) is 31.2 Å². The lowest BCUT2D eigenvalue weighted by Crippen LogP contribution is -2.10. The van der Waals surface area contributed by atoms with Crippen molar-refractivity contribution >= 4 is 28.4 Å². The van der Waals surface area contributed by atoms with Crippen LogP contribution in [0.1, 0.15) is 5.82 Å². The van der Waals surface area contributed by atoms with Gasteiger partial charge in [-0.15, -0.1) is 0 Å². The molecule has 0 aliphatic heterocycles. The number of aromatic nitrogens is 4. The third-order valence-electron chi connectivity index (χ3n) is 4.18. The number of hydrogen-bond acceptors (Lipinski definition) is 6. The van der Waals surface area contributed by atoms with E-state index < -0.39 is 11.6 Å². The molecule has 0 atom stereocenters. The molecular weight excluding hydrogens is 366 g/mol. The Kier molecular flexibility index (Phi) is 4.26.